The number of aryl methyl sites for hydroxylation is 1. The van der Waals surface area contributed by atoms with Crippen molar-refractivity contribution in [2.75, 3.05) is 53.6 Å². The lowest BCUT2D eigenvalue weighted by Gasteiger charge is -2.26. The minimum absolute atomic E-state index is 0.0751. The van der Waals surface area contributed by atoms with Crippen LogP contribution in [0.4, 0.5) is 0 Å². The van der Waals surface area contributed by atoms with Crippen LogP contribution in [-0.2, 0) is 30.7 Å². The third kappa shape index (κ3) is 5.77. The number of amides is 1. The van der Waals surface area contributed by atoms with Crippen molar-refractivity contribution in [2.24, 2.45) is 0 Å². The maximum absolute atomic E-state index is 12.6. The molecule has 0 unspecified atom stereocenters. The Hall–Kier alpha value is -1.48. The van der Waals surface area contributed by atoms with E-state index >= 15 is 0 Å². The largest absolute Gasteiger partial charge is 0.385 e. The third-order valence-electron chi connectivity index (χ3n) is 4.43. The van der Waals surface area contributed by atoms with Gasteiger partial charge in [0, 0.05) is 46.8 Å². The van der Waals surface area contributed by atoms with Crippen molar-refractivity contribution in [2.45, 2.75) is 24.2 Å². The molecule has 0 radical (unpaired) electrons. The summed E-state index contributed by atoms with van der Waals surface area (Å²) in [6.45, 7) is 2.93. The van der Waals surface area contributed by atoms with Gasteiger partial charge in [0.1, 0.15) is 0 Å². The standard InChI is InChI=1S/C18H28N2O5S/c1-19(10-3-13-24-2)18(21)9-6-16-4-7-17(8-5-16)26(22,23)20-11-14-25-15-12-20/h4-5,7-8H,3,6,9-15H2,1-2H3. The van der Waals surface area contributed by atoms with E-state index in [4.69, 9.17) is 9.47 Å². The van der Waals surface area contributed by atoms with Crippen molar-refractivity contribution >= 4 is 15.9 Å². The molecular weight excluding hydrogens is 356 g/mol. The molecule has 1 aromatic carbocycles. The van der Waals surface area contributed by atoms with Crippen LogP contribution < -0.4 is 0 Å². The molecular formula is C18H28N2O5S. The smallest absolute Gasteiger partial charge is 0.243 e. The molecule has 8 heteroatoms. The quantitative estimate of drug-likeness (QED) is 0.597. The number of carbonyl (C=O) groups excluding carboxylic acids is 1. The highest BCUT2D eigenvalue weighted by Crippen LogP contribution is 2.18. The fourth-order valence-electron chi connectivity index (χ4n) is 2.78. The molecule has 26 heavy (non-hydrogen) atoms. The second kappa shape index (κ2) is 10.0. The number of rotatable bonds is 9. The lowest BCUT2D eigenvalue weighted by Crippen LogP contribution is -2.40. The van der Waals surface area contributed by atoms with Crippen LogP contribution >= 0.6 is 0 Å². The van der Waals surface area contributed by atoms with Crippen molar-refractivity contribution in [1.29, 1.82) is 0 Å². The molecule has 1 aliphatic heterocycles. The summed E-state index contributed by atoms with van der Waals surface area (Å²) in [5.74, 6) is 0.0751. The third-order valence-corrected chi connectivity index (χ3v) is 6.34. The van der Waals surface area contributed by atoms with E-state index in [9.17, 15) is 13.2 Å². The maximum Gasteiger partial charge on any atom is 0.243 e. The molecule has 0 aromatic heterocycles. The van der Waals surface area contributed by atoms with E-state index in [1.165, 1.54) is 4.31 Å². The van der Waals surface area contributed by atoms with Crippen LogP contribution in [0.1, 0.15) is 18.4 Å². The normalized spacial score (nSPS) is 15.8. The van der Waals surface area contributed by atoms with Crippen LogP contribution in [0.25, 0.3) is 0 Å². The molecule has 0 spiro atoms. The Labute approximate surface area is 155 Å². The van der Waals surface area contributed by atoms with Crippen LogP contribution in [0.5, 0.6) is 0 Å². The van der Waals surface area contributed by atoms with Crippen LogP contribution in [-0.4, -0.2) is 77.1 Å². The number of hydrogen-bond acceptors (Lipinski definition) is 5. The SMILES string of the molecule is COCCCN(C)C(=O)CCc1ccc(S(=O)(=O)N2CCOCC2)cc1. The predicted molar refractivity (Wildman–Crippen MR) is 98.5 cm³/mol. The number of benzene rings is 1. The molecule has 1 fully saturated rings. The molecule has 0 N–H and O–H groups in total. The van der Waals surface area contributed by atoms with Gasteiger partial charge in [-0.05, 0) is 30.5 Å². The molecule has 0 aliphatic carbocycles. The van der Waals surface area contributed by atoms with Crippen LogP contribution in [0.3, 0.4) is 0 Å². The van der Waals surface area contributed by atoms with Gasteiger partial charge in [-0.15, -0.1) is 0 Å². The number of sulfonamides is 1. The van der Waals surface area contributed by atoms with E-state index in [0.29, 0.717) is 52.3 Å². The van der Waals surface area contributed by atoms with Crippen LogP contribution in [0, 0.1) is 0 Å². The molecule has 0 atom stereocenters. The first-order chi connectivity index (χ1) is 12.4. The number of hydrogen-bond donors (Lipinski definition) is 0. The van der Waals surface area contributed by atoms with Crippen LogP contribution in [0.2, 0.25) is 0 Å². The fourth-order valence-corrected chi connectivity index (χ4v) is 4.18. The molecule has 0 saturated carbocycles. The van der Waals surface area contributed by atoms with Gasteiger partial charge >= 0.3 is 0 Å². The van der Waals surface area contributed by atoms with Crippen molar-refractivity contribution in [3.05, 3.63) is 29.8 Å². The van der Waals surface area contributed by atoms with E-state index in [0.717, 1.165) is 12.0 Å². The van der Waals surface area contributed by atoms with Crippen molar-refractivity contribution in [3.8, 4) is 0 Å². The van der Waals surface area contributed by atoms with E-state index in [1.54, 1.807) is 43.3 Å². The highest BCUT2D eigenvalue weighted by Gasteiger charge is 2.26. The number of nitrogens with zero attached hydrogens (tertiary/aromatic N) is 2. The van der Waals surface area contributed by atoms with Gasteiger partial charge < -0.3 is 14.4 Å². The van der Waals surface area contributed by atoms with Gasteiger partial charge in [-0.1, -0.05) is 12.1 Å². The molecule has 1 saturated heterocycles. The molecule has 1 aliphatic rings. The summed E-state index contributed by atoms with van der Waals surface area (Å²) in [7, 11) is -0.0387. The Morgan fingerprint density at radius 1 is 1.23 bits per heavy atom. The fraction of sp³-hybridized carbons (Fsp3) is 0.611. The monoisotopic (exact) mass is 384 g/mol. The average molecular weight is 384 g/mol. The number of carbonyl (C=O) groups is 1. The molecule has 1 aromatic rings. The summed E-state index contributed by atoms with van der Waals surface area (Å²) < 4.78 is 36.8. The minimum atomic E-state index is -3.47. The van der Waals surface area contributed by atoms with Crippen molar-refractivity contribution < 1.29 is 22.7 Å². The van der Waals surface area contributed by atoms with Crippen LogP contribution in [0.15, 0.2) is 29.2 Å². The Bertz CT molecular complexity index is 669. The Kier molecular flexibility index (Phi) is 8.02. The van der Waals surface area contributed by atoms with Gasteiger partial charge in [0.05, 0.1) is 18.1 Å². The van der Waals surface area contributed by atoms with E-state index < -0.39 is 10.0 Å². The second-order valence-corrected chi connectivity index (χ2v) is 8.26. The molecule has 146 valence electrons. The Morgan fingerprint density at radius 3 is 2.50 bits per heavy atom. The minimum Gasteiger partial charge on any atom is -0.385 e. The Morgan fingerprint density at radius 2 is 1.88 bits per heavy atom. The lowest BCUT2D eigenvalue weighted by molar-refractivity contribution is -0.130. The zero-order valence-corrected chi connectivity index (χ0v) is 16.3. The average Bonchev–Trinajstić information content (AvgIpc) is 2.67. The van der Waals surface area contributed by atoms with Gasteiger partial charge in [0.2, 0.25) is 15.9 Å². The van der Waals surface area contributed by atoms with E-state index in [2.05, 4.69) is 0 Å². The lowest BCUT2D eigenvalue weighted by atomic mass is 10.1. The first-order valence-corrected chi connectivity index (χ1v) is 10.3. The van der Waals surface area contributed by atoms with Gasteiger partial charge in [-0.25, -0.2) is 8.42 Å². The van der Waals surface area contributed by atoms with E-state index in [1.807, 2.05) is 0 Å². The molecule has 2 rings (SSSR count). The van der Waals surface area contributed by atoms with Gasteiger partial charge in [0.25, 0.3) is 0 Å². The molecule has 1 heterocycles. The van der Waals surface area contributed by atoms with E-state index in [-0.39, 0.29) is 10.8 Å². The van der Waals surface area contributed by atoms with Gasteiger partial charge in [-0.2, -0.15) is 4.31 Å². The summed E-state index contributed by atoms with van der Waals surface area (Å²) >= 11 is 0. The summed E-state index contributed by atoms with van der Waals surface area (Å²) in [5.41, 5.74) is 0.949. The van der Waals surface area contributed by atoms with Gasteiger partial charge in [0.15, 0.2) is 0 Å². The van der Waals surface area contributed by atoms with Crippen molar-refractivity contribution in [3.63, 3.8) is 0 Å². The molecule has 7 nitrogen and oxygen atoms in total. The zero-order chi connectivity index (χ0) is 19.0. The highest BCUT2D eigenvalue weighted by atomic mass is 32.2. The summed E-state index contributed by atoms with van der Waals surface area (Å²) in [6, 6.07) is 6.80. The van der Waals surface area contributed by atoms with Gasteiger partial charge in [-0.3, -0.25) is 4.79 Å². The molecule has 0 bridgehead atoms. The topological polar surface area (TPSA) is 76.2 Å². The summed E-state index contributed by atoms with van der Waals surface area (Å²) in [6.07, 6.45) is 1.80. The highest BCUT2D eigenvalue weighted by molar-refractivity contribution is 7.89. The first-order valence-electron chi connectivity index (χ1n) is 8.85. The number of ether oxygens (including phenoxy) is 2. The number of morpholine rings is 1. The molecule has 1 amide bonds. The summed E-state index contributed by atoms with van der Waals surface area (Å²) in [4.78, 5) is 14.1. The maximum atomic E-state index is 12.6. The summed E-state index contributed by atoms with van der Waals surface area (Å²) in [5, 5.41) is 0. The predicted octanol–water partition coefficient (Wildman–Crippen LogP) is 1.14. The zero-order valence-electron chi connectivity index (χ0n) is 15.5. The van der Waals surface area contributed by atoms with Crippen molar-refractivity contribution in [1.82, 2.24) is 9.21 Å². The number of methoxy groups -OCH3 is 1. The Balaban J connectivity index is 1.88. The first kappa shape index (κ1) is 20.8. The second-order valence-electron chi connectivity index (χ2n) is 6.32.